The molecule has 0 unspecified atom stereocenters. The van der Waals surface area contributed by atoms with Crippen LogP contribution in [0.5, 0.6) is 5.88 Å². The summed E-state index contributed by atoms with van der Waals surface area (Å²) in [5.74, 6) is 0.371. The molecule has 0 radical (unpaired) electrons. The predicted octanol–water partition coefficient (Wildman–Crippen LogP) is 1.40. The normalized spacial score (nSPS) is 14.9. The van der Waals surface area contributed by atoms with Gasteiger partial charge in [-0.05, 0) is 18.1 Å². The van der Waals surface area contributed by atoms with Gasteiger partial charge in [0.2, 0.25) is 0 Å². The molecule has 1 fully saturated rings. The van der Waals surface area contributed by atoms with E-state index >= 15 is 0 Å². The Bertz CT molecular complexity index is 832. The summed E-state index contributed by atoms with van der Waals surface area (Å²) >= 11 is 0. The van der Waals surface area contributed by atoms with Gasteiger partial charge in [0.25, 0.3) is 17.3 Å². The number of non-ortho nitro benzene ring substituents is 1. The van der Waals surface area contributed by atoms with Crippen LogP contribution in [0.2, 0.25) is 0 Å². The molecule has 2 heterocycles. The van der Waals surface area contributed by atoms with Crippen molar-refractivity contribution in [3.63, 3.8) is 0 Å². The molecule has 1 saturated heterocycles. The summed E-state index contributed by atoms with van der Waals surface area (Å²) in [6, 6.07) is 3.73. The number of hydrogen-bond donors (Lipinski definition) is 0. The third-order valence-electron chi connectivity index (χ3n) is 4.34. The molecule has 0 atom stereocenters. The maximum atomic E-state index is 11.3. The monoisotopic (exact) mass is 378 g/mol. The minimum Gasteiger partial charge on any atom is -0.473 e. The van der Waals surface area contributed by atoms with Gasteiger partial charge in [-0.25, -0.2) is 4.63 Å². The Kier molecular flexibility index (Phi) is 5.45. The van der Waals surface area contributed by atoms with E-state index < -0.39 is 9.85 Å². The van der Waals surface area contributed by atoms with E-state index in [-0.39, 0.29) is 11.4 Å². The molecular weight excluding hydrogens is 360 g/mol. The van der Waals surface area contributed by atoms with Gasteiger partial charge in [-0.3, -0.25) is 25.1 Å². The Morgan fingerprint density at radius 1 is 1.15 bits per heavy atom. The number of aryl methyl sites for hydroxylation is 1. The van der Waals surface area contributed by atoms with Crippen molar-refractivity contribution in [2.45, 2.75) is 6.92 Å². The standard InChI is InChI=1S/C15H18N6O6/c1-11-15(17-27-16-11)26-9-8-18-4-6-19(7-5-18)13-3-2-12(20(22)23)10-14(13)21(24)25/h2-3,10H,4-9H2,1H3. The van der Waals surface area contributed by atoms with Crippen molar-refractivity contribution in [3.8, 4) is 5.88 Å². The number of nitro groups is 2. The van der Waals surface area contributed by atoms with E-state index in [1.165, 1.54) is 12.1 Å². The van der Waals surface area contributed by atoms with Crippen LogP contribution in [0.4, 0.5) is 17.1 Å². The lowest BCUT2D eigenvalue weighted by molar-refractivity contribution is -0.393. The lowest BCUT2D eigenvalue weighted by atomic mass is 10.2. The third-order valence-corrected chi connectivity index (χ3v) is 4.34. The highest BCUT2D eigenvalue weighted by atomic mass is 16.6. The Balaban J connectivity index is 1.56. The average Bonchev–Trinajstić information content (AvgIpc) is 3.06. The molecule has 0 bridgehead atoms. The second-order valence-corrected chi connectivity index (χ2v) is 6.02. The first kappa shape index (κ1) is 18.5. The number of piperazine rings is 1. The Morgan fingerprint density at radius 2 is 1.89 bits per heavy atom. The number of rotatable bonds is 7. The highest BCUT2D eigenvalue weighted by Gasteiger charge is 2.26. The molecule has 3 rings (SSSR count). The number of aromatic nitrogens is 2. The number of hydrogen-bond acceptors (Lipinski definition) is 10. The highest BCUT2D eigenvalue weighted by molar-refractivity contribution is 5.67. The summed E-state index contributed by atoms with van der Waals surface area (Å²) in [4.78, 5) is 24.9. The van der Waals surface area contributed by atoms with E-state index in [0.717, 1.165) is 6.07 Å². The SMILES string of the molecule is Cc1nonc1OCCN1CCN(c2ccc([N+](=O)[O-])cc2[N+](=O)[O-])CC1. The van der Waals surface area contributed by atoms with Gasteiger partial charge in [0.1, 0.15) is 18.0 Å². The van der Waals surface area contributed by atoms with Gasteiger partial charge in [0.15, 0.2) is 0 Å². The Labute approximate surface area is 153 Å². The van der Waals surface area contributed by atoms with Crippen molar-refractivity contribution in [2.24, 2.45) is 0 Å². The van der Waals surface area contributed by atoms with E-state index in [1.54, 1.807) is 6.92 Å². The molecule has 144 valence electrons. The maximum Gasteiger partial charge on any atom is 0.299 e. The maximum absolute atomic E-state index is 11.3. The minimum absolute atomic E-state index is 0.255. The molecule has 0 saturated carbocycles. The van der Waals surface area contributed by atoms with E-state index in [2.05, 4.69) is 19.8 Å². The molecule has 0 spiro atoms. The smallest absolute Gasteiger partial charge is 0.299 e. The molecule has 0 amide bonds. The van der Waals surface area contributed by atoms with Crippen LogP contribution in [0, 0.1) is 27.2 Å². The van der Waals surface area contributed by atoms with Crippen molar-refractivity contribution in [1.29, 1.82) is 0 Å². The molecule has 1 aliphatic heterocycles. The van der Waals surface area contributed by atoms with Crippen molar-refractivity contribution in [2.75, 3.05) is 44.2 Å². The zero-order valence-electron chi connectivity index (χ0n) is 14.6. The second-order valence-electron chi connectivity index (χ2n) is 6.02. The first-order valence-electron chi connectivity index (χ1n) is 8.28. The number of anilines is 1. The van der Waals surface area contributed by atoms with Crippen LogP contribution in [0.1, 0.15) is 5.69 Å². The Hall–Kier alpha value is -3.28. The third kappa shape index (κ3) is 4.28. The number of nitro benzene ring substituents is 2. The van der Waals surface area contributed by atoms with Crippen molar-refractivity contribution >= 4 is 17.1 Å². The lowest BCUT2D eigenvalue weighted by Gasteiger charge is -2.35. The molecule has 1 aromatic heterocycles. The van der Waals surface area contributed by atoms with Gasteiger partial charge in [-0.2, -0.15) is 0 Å². The number of ether oxygens (including phenoxy) is 1. The van der Waals surface area contributed by atoms with Crippen LogP contribution in [0.25, 0.3) is 0 Å². The molecule has 27 heavy (non-hydrogen) atoms. The summed E-state index contributed by atoms with van der Waals surface area (Å²) in [5, 5.41) is 29.4. The van der Waals surface area contributed by atoms with E-state index in [4.69, 9.17) is 4.74 Å². The first-order chi connectivity index (χ1) is 13.0. The van der Waals surface area contributed by atoms with E-state index in [9.17, 15) is 20.2 Å². The van der Waals surface area contributed by atoms with Gasteiger partial charge in [0, 0.05) is 38.8 Å². The van der Waals surface area contributed by atoms with Crippen molar-refractivity contribution in [1.82, 2.24) is 15.2 Å². The molecular formula is C15H18N6O6. The predicted molar refractivity (Wildman–Crippen MR) is 92.9 cm³/mol. The highest BCUT2D eigenvalue weighted by Crippen LogP contribution is 2.32. The topological polar surface area (TPSA) is 141 Å². The second kappa shape index (κ2) is 7.95. The molecule has 1 aromatic carbocycles. The van der Waals surface area contributed by atoms with E-state index in [0.29, 0.717) is 56.6 Å². The average molecular weight is 378 g/mol. The summed E-state index contributed by atoms with van der Waals surface area (Å²) in [6.07, 6.45) is 0. The minimum atomic E-state index is -0.638. The molecule has 0 aliphatic carbocycles. The Morgan fingerprint density at radius 3 is 2.48 bits per heavy atom. The van der Waals surface area contributed by atoms with Crippen molar-refractivity contribution < 1.29 is 19.2 Å². The van der Waals surface area contributed by atoms with Crippen LogP contribution in [-0.4, -0.2) is 64.4 Å². The fourth-order valence-corrected chi connectivity index (χ4v) is 2.88. The zero-order chi connectivity index (χ0) is 19.4. The van der Waals surface area contributed by atoms with Gasteiger partial charge in [-0.1, -0.05) is 5.16 Å². The molecule has 0 N–H and O–H groups in total. The van der Waals surface area contributed by atoms with Crippen molar-refractivity contribution in [3.05, 3.63) is 44.1 Å². The van der Waals surface area contributed by atoms with Crippen LogP contribution in [0.3, 0.4) is 0 Å². The quantitative estimate of drug-likeness (QED) is 0.512. The lowest BCUT2D eigenvalue weighted by Crippen LogP contribution is -2.47. The number of nitrogens with zero attached hydrogens (tertiary/aromatic N) is 6. The van der Waals surface area contributed by atoms with Crippen LogP contribution < -0.4 is 9.64 Å². The fraction of sp³-hybridized carbons (Fsp3) is 0.467. The van der Waals surface area contributed by atoms with Crippen LogP contribution in [0.15, 0.2) is 22.8 Å². The van der Waals surface area contributed by atoms with Gasteiger partial charge in [0.05, 0.1) is 15.9 Å². The summed E-state index contributed by atoms with van der Waals surface area (Å²) in [6.45, 7) is 5.35. The largest absolute Gasteiger partial charge is 0.473 e. The van der Waals surface area contributed by atoms with E-state index in [1.807, 2.05) is 4.90 Å². The molecule has 12 nitrogen and oxygen atoms in total. The van der Waals surface area contributed by atoms with Gasteiger partial charge >= 0.3 is 0 Å². The summed E-state index contributed by atoms with van der Waals surface area (Å²) in [7, 11) is 0. The molecule has 1 aliphatic rings. The van der Waals surface area contributed by atoms with Gasteiger partial charge < -0.3 is 9.64 Å². The molecule has 12 heteroatoms. The number of benzene rings is 1. The first-order valence-corrected chi connectivity index (χ1v) is 8.28. The summed E-state index contributed by atoms with van der Waals surface area (Å²) in [5.41, 5.74) is 0.435. The summed E-state index contributed by atoms with van der Waals surface area (Å²) < 4.78 is 10.1. The van der Waals surface area contributed by atoms with Crippen LogP contribution in [-0.2, 0) is 0 Å². The molecule has 2 aromatic rings. The zero-order valence-corrected chi connectivity index (χ0v) is 14.6. The fourth-order valence-electron chi connectivity index (χ4n) is 2.88. The van der Waals surface area contributed by atoms with Gasteiger partial charge in [-0.15, -0.1) is 0 Å². The van der Waals surface area contributed by atoms with Crippen LogP contribution >= 0.6 is 0 Å².